The lowest BCUT2D eigenvalue weighted by Gasteiger charge is -1.76. The smallest absolute Gasteiger partial charge is 0.0696 e. The van der Waals surface area contributed by atoms with Gasteiger partial charge in [-0.25, -0.2) is 0 Å². The van der Waals surface area contributed by atoms with Crippen molar-refractivity contribution in [3.63, 3.8) is 0 Å². The molecule has 0 saturated heterocycles. The molecule has 0 unspecified atom stereocenters. The van der Waals surface area contributed by atoms with E-state index in [1.54, 1.807) is 0 Å². The first-order valence-electron chi connectivity index (χ1n) is 2.10. The average molecular weight is 108 g/mol. The predicted octanol–water partition coefficient (Wildman–Crippen LogP) is 0.980. The zero-order chi connectivity index (χ0) is 5.66. The van der Waals surface area contributed by atoms with Gasteiger partial charge >= 0.3 is 0 Å². The Morgan fingerprint density at radius 2 is 2.00 bits per heavy atom. The van der Waals surface area contributed by atoms with Crippen molar-refractivity contribution in [3.05, 3.63) is 12.4 Å². The average Bonchev–Trinajstić information content (AvgIpc) is 1.62. The van der Waals surface area contributed by atoms with Crippen LogP contribution in [0.15, 0.2) is 32.8 Å². The van der Waals surface area contributed by atoms with Gasteiger partial charge in [-0.05, 0) is 5.22 Å². The highest BCUT2D eigenvalue weighted by molar-refractivity contribution is 6.16. The molecule has 0 aromatic rings. The van der Waals surface area contributed by atoms with E-state index in [2.05, 4.69) is 20.4 Å². The largest absolute Gasteiger partial charge is 0.261 e. The van der Waals surface area contributed by atoms with E-state index in [-0.39, 0.29) is 0 Å². The van der Waals surface area contributed by atoms with Crippen molar-refractivity contribution in [1.29, 1.82) is 0 Å². The molecule has 0 amide bonds. The van der Waals surface area contributed by atoms with E-state index in [9.17, 15) is 0 Å². The Kier molecular flexibility index (Phi) is 1.68. The maximum absolute atomic E-state index is 3.72. The number of hydrogen-bond donors (Lipinski definition) is 0. The molecule has 0 spiro atoms. The maximum atomic E-state index is 3.72. The van der Waals surface area contributed by atoms with E-state index >= 15 is 0 Å². The van der Waals surface area contributed by atoms with Gasteiger partial charge in [0.1, 0.15) is 0 Å². The maximum Gasteiger partial charge on any atom is 0.0696 e. The highest BCUT2D eigenvalue weighted by Gasteiger charge is 1.68. The molecule has 0 atom stereocenters. The zero-order valence-electron chi connectivity index (χ0n) is 4.10. The summed E-state index contributed by atoms with van der Waals surface area (Å²) in [5.74, 6) is 0. The zero-order valence-corrected chi connectivity index (χ0v) is 4.10. The van der Waals surface area contributed by atoms with Crippen LogP contribution in [0.3, 0.4) is 0 Å². The molecule has 1 aliphatic rings. The fourth-order valence-corrected chi connectivity index (χ4v) is 0.276. The first-order chi connectivity index (χ1) is 4.00. The minimum absolute atomic E-state index is 1.47. The van der Waals surface area contributed by atoms with Crippen LogP contribution < -0.4 is 0 Å². The molecule has 0 radical (unpaired) electrons. The topological polar surface area (TPSA) is 49.4 Å². The van der Waals surface area contributed by atoms with Crippen LogP contribution in [0.1, 0.15) is 0 Å². The SMILES string of the molecule is C1=C\N=N/N=C\C=N/1. The second kappa shape index (κ2) is 2.79. The summed E-state index contributed by atoms with van der Waals surface area (Å²) in [5, 5.41) is 10.3. The molecule has 8 heavy (non-hydrogen) atoms. The summed E-state index contributed by atoms with van der Waals surface area (Å²) in [6.45, 7) is 0. The molecule has 0 saturated carbocycles. The molecular weight excluding hydrogens is 104 g/mol. The van der Waals surface area contributed by atoms with Crippen molar-refractivity contribution in [2.45, 2.75) is 0 Å². The molecule has 40 valence electrons. The monoisotopic (exact) mass is 108 g/mol. The lowest BCUT2D eigenvalue weighted by atomic mass is 10.8. The van der Waals surface area contributed by atoms with Crippen molar-refractivity contribution < 1.29 is 0 Å². The molecule has 1 aliphatic heterocycles. The molecule has 0 bridgehead atoms. The molecule has 4 heteroatoms. The van der Waals surface area contributed by atoms with Crippen molar-refractivity contribution in [3.8, 4) is 0 Å². The van der Waals surface area contributed by atoms with Gasteiger partial charge in [0.05, 0.1) is 12.4 Å². The first kappa shape index (κ1) is 4.83. The van der Waals surface area contributed by atoms with Crippen molar-refractivity contribution in [2.24, 2.45) is 20.4 Å². The molecule has 1 heterocycles. The van der Waals surface area contributed by atoms with Gasteiger partial charge in [0.25, 0.3) is 0 Å². The second-order valence-corrected chi connectivity index (χ2v) is 1.07. The van der Waals surface area contributed by atoms with Crippen LogP contribution in [0.25, 0.3) is 0 Å². The Hall–Kier alpha value is -1.32. The summed E-state index contributed by atoms with van der Waals surface area (Å²) in [6, 6.07) is 0. The van der Waals surface area contributed by atoms with Crippen LogP contribution in [0.5, 0.6) is 0 Å². The van der Waals surface area contributed by atoms with Crippen molar-refractivity contribution in [1.82, 2.24) is 0 Å². The van der Waals surface area contributed by atoms with Crippen LogP contribution in [0.2, 0.25) is 0 Å². The normalized spacial score (nSPS) is 32.0. The number of nitrogens with zero attached hydrogens (tertiary/aromatic N) is 4. The minimum Gasteiger partial charge on any atom is -0.261 e. The van der Waals surface area contributed by atoms with E-state index in [1.807, 2.05) is 0 Å². The number of hydrogen-bond acceptors (Lipinski definition) is 4. The van der Waals surface area contributed by atoms with Gasteiger partial charge in [0.15, 0.2) is 0 Å². The highest BCUT2D eigenvalue weighted by atomic mass is 15.4. The highest BCUT2D eigenvalue weighted by Crippen LogP contribution is 1.81. The summed E-state index contributed by atoms with van der Waals surface area (Å²) in [7, 11) is 0. The molecule has 0 aromatic heterocycles. The minimum atomic E-state index is 1.47. The second-order valence-electron chi connectivity index (χ2n) is 1.07. The standard InChI is InChI=1S/C4H4N4/c1-3-6-8-7-4-2-5-1/h1-4H/b3-1-,4-2?,5-1?,5-2-,6-3?,7-4-,8-6-,8-7?. The fraction of sp³-hybridized carbons (Fsp3) is 0. The molecule has 0 N–H and O–H groups in total. The summed E-state index contributed by atoms with van der Waals surface area (Å²) < 4.78 is 0. The fourth-order valence-electron chi connectivity index (χ4n) is 0.276. The predicted molar refractivity (Wildman–Crippen MR) is 31.0 cm³/mol. The Balaban J connectivity index is 2.67. The van der Waals surface area contributed by atoms with Gasteiger partial charge in [0.2, 0.25) is 0 Å². The van der Waals surface area contributed by atoms with Gasteiger partial charge in [-0.15, -0.1) is 10.2 Å². The molecule has 0 aliphatic carbocycles. The lowest BCUT2D eigenvalue weighted by Crippen LogP contribution is -1.72. The van der Waals surface area contributed by atoms with Crippen LogP contribution in [-0.2, 0) is 0 Å². The number of aliphatic imine (C=N–C) groups is 1. The lowest BCUT2D eigenvalue weighted by molar-refractivity contribution is 1.06. The van der Waals surface area contributed by atoms with E-state index in [0.29, 0.717) is 0 Å². The Bertz CT molecular complexity index is 109. The molecule has 0 aromatic carbocycles. The molecule has 0 fully saturated rings. The summed E-state index contributed by atoms with van der Waals surface area (Å²) >= 11 is 0. The van der Waals surface area contributed by atoms with Crippen LogP contribution in [0.4, 0.5) is 0 Å². The van der Waals surface area contributed by atoms with Gasteiger partial charge < -0.3 is 0 Å². The van der Waals surface area contributed by atoms with Gasteiger partial charge in [-0.1, -0.05) is 0 Å². The van der Waals surface area contributed by atoms with E-state index < -0.39 is 0 Å². The Labute approximate surface area is 46.3 Å². The quantitative estimate of drug-likeness (QED) is 0.444. The molecule has 1 rings (SSSR count). The Morgan fingerprint density at radius 3 is 3.00 bits per heavy atom. The third kappa shape index (κ3) is 1.42. The van der Waals surface area contributed by atoms with E-state index in [4.69, 9.17) is 0 Å². The molecular formula is C4H4N4. The third-order valence-electron chi connectivity index (χ3n) is 0.542. The van der Waals surface area contributed by atoms with Crippen molar-refractivity contribution >= 4 is 12.4 Å². The van der Waals surface area contributed by atoms with Crippen LogP contribution in [-0.4, -0.2) is 12.4 Å². The first-order valence-corrected chi connectivity index (χ1v) is 2.10. The van der Waals surface area contributed by atoms with E-state index in [1.165, 1.54) is 24.8 Å². The number of rotatable bonds is 0. The summed E-state index contributed by atoms with van der Waals surface area (Å²) in [5.41, 5.74) is 0. The van der Waals surface area contributed by atoms with Gasteiger partial charge in [-0.3, -0.25) is 4.99 Å². The van der Waals surface area contributed by atoms with E-state index in [0.717, 1.165) is 0 Å². The van der Waals surface area contributed by atoms with Gasteiger partial charge in [-0.2, -0.15) is 0 Å². The van der Waals surface area contributed by atoms with Crippen LogP contribution in [0, 0.1) is 0 Å². The summed E-state index contributed by atoms with van der Waals surface area (Å²) in [4.78, 5) is 3.72. The third-order valence-corrected chi connectivity index (χ3v) is 0.542. The molecule has 4 nitrogen and oxygen atoms in total. The van der Waals surface area contributed by atoms with Crippen molar-refractivity contribution in [2.75, 3.05) is 0 Å². The Morgan fingerprint density at radius 1 is 1.00 bits per heavy atom. The van der Waals surface area contributed by atoms with Crippen LogP contribution >= 0.6 is 0 Å². The summed E-state index contributed by atoms with van der Waals surface area (Å²) in [6.07, 6.45) is 6.00. The van der Waals surface area contributed by atoms with Gasteiger partial charge in [0, 0.05) is 12.4 Å².